The van der Waals surface area contributed by atoms with E-state index in [9.17, 15) is 4.79 Å². The van der Waals surface area contributed by atoms with E-state index in [1.807, 2.05) is 22.7 Å². The second-order valence-corrected chi connectivity index (χ2v) is 5.52. The fourth-order valence-corrected chi connectivity index (χ4v) is 2.67. The molecule has 1 aliphatic rings. The van der Waals surface area contributed by atoms with Crippen LogP contribution in [0.5, 0.6) is 0 Å². The van der Waals surface area contributed by atoms with Gasteiger partial charge in [-0.1, -0.05) is 0 Å². The highest BCUT2D eigenvalue weighted by Gasteiger charge is 2.23. The maximum Gasteiger partial charge on any atom is 0.222 e. The number of rotatable bonds is 4. The third-order valence-corrected chi connectivity index (χ3v) is 4.06. The summed E-state index contributed by atoms with van der Waals surface area (Å²) in [6, 6.07) is 2.60. The minimum Gasteiger partial charge on any atom is -0.343 e. The van der Waals surface area contributed by atoms with E-state index in [0.717, 1.165) is 38.0 Å². The van der Waals surface area contributed by atoms with Crippen LogP contribution in [0.1, 0.15) is 25.0 Å². The van der Waals surface area contributed by atoms with Crippen molar-refractivity contribution in [2.24, 2.45) is 7.05 Å². The molecule has 0 bridgehead atoms. The SMILES string of the molecule is CN(C)C1CCN(C(=O)CCc2ccnn2C)CC1. The smallest absolute Gasteiger partial charge is 0.222 e. The summed E-state index contributed by atoms with van der Waals surface area (Å²) < 4.78 is 1.84. The molecule has 0 spiro atoms. The molecule has 19 heavy (non-hydrogen) atoms. The second kappa shape index (κ2) is 6.19. The summed E-state index contributed by atoms with van der Waals surface area (Å²) in [4.78, 5) is 16.4. The van der Waals surface area contributed by atoms with Crippen LogP contribution in [-0.4, -0.2) is 58.7 Å². The van der Waals surface area contributed by atoms with E-state index in [0.29, 0.717) is 12.5 Å². The first-order valence-electron chi connectivity index (χ1n) is 6.99. The Morgan fingerprint density at radius 3 is 2.63 bits per heavy atom. The standard InChI is InChI=1S/C14H24N4O/c1-16(2)12-7-10-18(11-8-12)14(19)5-4-13-6-9-15-17(13)3/h6,9,12H,4-5,7-8,10-11H2,1-3H3. The lowest BCUT2D eigenvalue weighted by atomic mass is 10.0. The molecule has 5 nitrogen and oxygen atoms in total. The Morgan fingerprint density at radius 2 is 2.11 bits per heavy atom. The molecule has 106 valence electrons. The summed E-state index contributed by atoms with van der Waals surface area (Å²) in [6.45, 7) is 1.79. The zero-order valence-electron chi connectivity index (χ0n) is 12.2. The predicted octanol–water partition coefficient (Wildman–Crippen LogP) is 0.905. The van der Waals surface area contributed by atoms with Crippen molar-refractivity contribution in [2.45, 2.75) is 31.7 Å². The molecule has 0 radical (unpaired) electrons. The van der Waals surface area contributed by atoms with Gasteiger partial charge in [-0.15, -0.1) is 0 Å². The molecular weight excluding hydrogens is 240 g/mol. The van der Waals surface area contributed by atoms with Crippen molar-refractivity contribution in [3.8, 4) is 0 Å². The molecular formula is C14H24N4O. The third-order valence-electron chi connectivity index (χ3n) is 4.06. The van der Waals surface area contributed by atoms with Gasteiger partial charge in [-0.05, 0) is 39.4 Å². The number of hydrogen-bond acceptors (Lipinski definition) is 3. The molecule has 0 aromatic carbocycles. The number of aromatic nitrogens is 2. The van der Waals surface area contributed by atoms with E-state index < -0.39 is 0 Å². The average Bonchev–Trinajstić information content (AvgIpc) is 2.81. The minimum absolute atomic E-state index is 0.276. The third kappa shape index (κ3) is 3.56. The lowest BCUT2D eigenvalue weighted by molar-refractivity contribution is -0.132. The molecule has 1 amide bonds. The molecule has 2 heterocycles. The van der Waals surface area contributed by atoms with Gasteiger partial charge in [0.25, 0.3) is 0 Å². The van der Waals surface area contributed by atoms with Gasteiger partial charge in [0.05, 0.1) is 0 Å². The fraction of sp³-hybridized carbons (Fsp3) is 0.714. The van der Waals surface area contributed by atoms with Crippen molar-refractivity contribution in [2.75, 3.05) is 27.2 Å². The Hall–Kier alpha value is -1.36. The molecule has 1 aliphatic heterocycles. The van der Waals surface area contributed by atoms with E-state index in [-0.39, 0.29) is 5.91 Å². The topological polar surface area (TPSA) is 41.4 Å². The normalized spacial score (nSPS) is 17.2. The molecule has 5 heteroatoms. The van der Waals surface area contributed by atoms with Gasteiger partial charge in [-0.2, -0.15) is 5.10 Å². The quantitative estimate of drug-likeness (QED) is 0.811. The summed E-state index contributed by atoms with van der Waals surface area (Å²) >= 11 is 0. The fourth-order valence-electron chi connectivity index (χ4n) is 2.67. The highest BCUT2D eigenvalue weighted by Crippen LogP contribution is 2.15. The van der Waals surface area contributed by atoms with Gasteiger partial charge in [-0.25, -0.2) is 0 Å². The van der Waals surface area contributed by atoms with Crippen molar-refractivity contribution in [1.29, 1.82) is 0 Å². The minimum atomic E-state index is 0.276. The molecule has 0 atom stereocenters. The van der Waals surface area contributed by atoms with Gasteiger partial charge >= 0.3 is 0 Å². The van der Waals surface area contributed by atoms with Crippen molar-refractivity contribution in [1.82, 2.24) is 19.6 Å². The van der Waals surface area contributed by atoms with Crippen LogP contribution in [0.25, 0.3) is 0 Å². The van der Waals surface area contributed by atoms with Crippen LogP contribution in [0.3, 0.4) is 0 Å². The maximum atomic E-state index is 12.2. The van der Waals surface area contributed by atoms with Gasteiger partial charge in [0.1, 0.15) is 0 Å². The number of carbonyl (C=O) groups excluding carboxylic acids is 1. The predicted molar refractivity (Wildman–Crippen MR) is 74.8 cm³/mol. The van der Waals surface area contributed by atoms with Crippen LogP contribution < -0.4 is 0 Å². The van der Waals surface area contributed by atoms with Crippen molar-refractivity contribution >= 4 is 5.91 Å². The highest BCUT2D eigenvalue weighted by atomic mass is 16.2. The van der Waals surface area contributed by atoms with E-state index in [2.05, 4.69) is 24.1 Å². The Labute approximate surface area is 115 Å². The Morgan fingerprint density at radius 1 is 1.42 bits per heavy atom. The van der Waals surface area contributed by atoms with Crippen molar-refractivity contribution in [3.05, 3.63) is 18.0 Å². The zero-order valence-corrected chi connectivity index (χ0v) is 12.2. The molecule has 2 rings (SSSR count). The number of amides is 1. The van der Waals surface area contributed by atoms with E-state index in [1.165, 1.54) is 0 Å². The summed E-state index contributed by atoms with van der Waals surface area (Å²) in [6.07, 6.45) is 5.33. The monoisotopic (exact) mass is 264 g/mol. The molecule has 0 N–H and O–H groups in total. The Kier molecular flexibility index (Phi) is 4.58. The lowest BCUT2D eigenvalue weighted by Gasteiger charge is -2.35. The zero-order chi connectivity index (χ0) is 13.8. The van der Waals surface area contributed by atoms with Crippen molar-refractivity contribution in [3.63, 3.8) is 0 Å². The van der Waals surface area contributed by atoms with Gasteiger partial charge in [0.2, 0.25) is 5.91 Å². The van der Waals surface area contributed by atoms with E-state index >= 15 is 0 Å². The molecule has 1 aromatic rings. The second-order valence-electron chi connectivity index (χ2n) is 5.52. The van der Waals surface area contributed by atoms with Crippen LogP contribution in [-0.2, 0) is 18.3 Å². The van der Waals surface area contributed by atoms with Gasteiger partial charge in [-0.3, -0.25) is 9.48 Å². The van der Waals surface area contributed by atoms with Crippen LogP contribution >= 0.6 is 0 Å². The van der Waals surface area contributed by atoms with Crippen molar-refractivity contribution < 1.29 is 4.79 Å². The van der Waals surface area contributed by atoms with E-state index in [4.69, 9.17) is 0 Å². The Bertz CT molecular complexity index is 419. The first kappa shape index (κ1) is 14.1. The summed E-state index contributed by atoms with van der Waals surface area (Å²) in [5, 5.41) is 4.12. The van der Waals surface area contributed by atoms with Crippen LogP contribution in [0.2, 0.25) is 0 Å². The van der Waals surface area contributed by atoms with Crippen LogP contribution in [0, 0.1) is 0 Å². The van der Waals surface area contributed by atoms with Crippen LogP contribution in [0.4, 0.5) is 0 Å². The first-order chi connectivity index (χ1) is 9.08. The number of nitrogens with zero attached hydrogens (tertiary/aromatic N) is 4. The summed E-state index contributed by atoms with van der Waals surface area (Å²) in [5.74, 6) is 0.276. The summed E-state index contributed by atoms with van der Waals surface area (Å²) in [7, 11) is 6.15. The number of likely N-dealkylation sites (tertiary alicyclic amines) is 1. The number of carbonyl (C=O) groups is 1. The lowest BCUT2D eigenvalue weighted by Crippen LogP contribution is -2.44. The molecule has 0 saturated carbocycles. The van der Waals surface area contributed by atoms with Gasteiger partial charge in [0.15, 0.2) is 0 Å². The average molecular weight is 264 g/mol. The number of hydrogen-bond donors (Lipinski definition) is 0. The van der Waals surface area contributed by atoms with Gasteiger partial charge < -0.3 is 9.80 Å². The van der Waals surface area contributed by atoms with Crippen LogP contribution in [0.15, 0.2) is 12.3 Å². The molecule has 1 fully saturated rings. The molecule has 1 saturated heterocycles. The Balaban J connectivity index is 1.77. The summed E-state index contributed by atoms with van der Waals surface area (Å²) in [5.41, 5.74) is 1.12. The molecule has 1 aromatic heterocycles. The molecule has 0 unspecified atom stereocenters. The van der Waals surface area contributed by atoms with E-state index in [1.54, 1.807) is 6.20 Å². The highest BCUT2D eigenvalue weighted by molar-refractivity contribution is 5.76. The largest absolute Gasteiger partial charge is 0.343 e. The number of aryl methyl sites for hydroxylation is 2. The number of piperidine rings is 1. The molecule has 0 aliphatic carbocycles. The maximum absolute atomic E-state index is 12.2. The first-order valence-corrected chi connectivity index (χ1v) is 6.99. The van der Waals surface area contributed by atoms with Gasteiger partial charge in [0, 0.05) is 44.5 Å².